The van der Waals surface area contributed by atoms with Crippen molar-refractivity contribution >= 4 is 5.91 Å². The van der Waals surface area contributed by atoms with Gasteiger partial charge in [0.25, 0.3) is 0 Å². The number of amides is 1. The molecule has 0 aliphatic carbocycles. The van der Waals surface area contributed by atoms with E-state index >= 15 is 0 Å². The number of nitrogens with one attached hydrogen (secondary N) is 1. The van der Waals surface area contributed by atoms with Crippen molar-refractivity contribution < 1.29 is 64.6 Å². The summed E-state index contributed by atoms with van der Waals surface area (Å²) >= 11 is 0. The van der Waals surface area contributed by atoms with E-state index < -0.39 is 86.8 Å². The predicted molar refractivity (Wildman–Crippen MR) is 157 cm³/mol. The van der Waals surface area contributed by atoms with Crippen LogP contribution in [0.1, 0.15) is 78.1 Å². The SMILES string of the molecule is CCCCCCCC/C=C/C(O)C(COC1OC(CO)C(OC2OC(CO)C(O)C(O)C2O)C(O)C1O)NC(=O)CCCC. The molecule has 2 saturated heterocycles. The number of hydrogen-bond donors (Lipinski definition) is 9. The molecule has 0 aromatic carbocycles. The Morgan fingerprint density at radius 1 is 0.795 bits per heavy atom. The average molecular weight is 638 g/mol. The molecular weight excluding hydrogens is 582 g/mol. The fraction of sp³-hybridized carbons (Fsp3) is 0.900. The van der Waals surface area contributed by atoms with Crippen molar-refractivity contribution in [2.75, 3.05) is 19.8 Å². The topological polar surface area (TPSA) is 228 Å². The molecule has 0 radical (unpaired) electrons. The zero-order valence-electron chi connectivity index (χ0n) is 25.9. The largest absolute Gasteiger partial charge is 0.394 e. The number of carbonyl (C=O) groups is 1. The summed E-state index contributed by atoms with van der Waals surface area (Å²) in [7, 11) is 0. The van der Waals surface area contributed by atoms with Crippen molar-refractivity contribution in [2.45, 2.75) is 152 Å². The van der Waals surface area contributed by atoms with E-state index in [9.17, 15) is 45.6 Å². The van der Waals surface area contributed by atoms with Gasteiger partial charge in [-0.3, -0.25) is 4.79 Å². The lowest BCUT2D eigenvalue weighted by Crippen LogP contribution is -2.65. The van der Waals surface area contributed by atoms with Crippen LogP contribution in [0.15, 0.2) is 12.2 Å². The maximum atomic E-state index is 12.5. The van der Waals surface area contributed by atoms with E-state index in [0.29, 0.717) is 6.42 Å². The Morgan fingerprint density at radius 2 is 1.41 bits per heavy atom. The number of ether oxygens (including phenoxy) is 4. The minimum Gasteiger partial charge on any atom is -0.394 e. The molecule has 2 aliphatic rings. The van der Waals surface area contributed by atoms with Crippen LogP contribution in [0.3, 0.4) is 0 Å². The Bertz CT molecular complexity index is 816. The van der Waals surface area contributed by atoms with Gasteiger partial charge < -0.3 is 65.1 Å². The van der Waals surface area contributed by atoms with E-state index in [0.717, 1.165) is 32.1 Å². The summed E-state index contributed by atoms with van der Waals surface area (Å²) in [5.41, 5.74) is 0. The molecule has 2 fully saturated rings. The minimum atomic E-state index is -1.78. The minimum absolute atomic E-state index is 0.256. The van der Waals surface area contributed by atoms with E-state index in [1.807, 2.05) is 13.0 Å². The molecule has 9 N–H and O–H groups in total. The summed E-state index contributed by atoms with van der Waals surface area (Å²) in [6, 6.07) is -0.899. The zero-order valence-corrected chi connectivity index (χ0v) is 25.9. The third kappa shape index (κ3) is 11.8. The first kappa shape index (κ1) is 38.9. The lowest BCUT2D eigenvalue weighted by atomic mass is 9.97. The molecule has 14 nitrogen and oxygen atoms in total. The Hall–Kier alpha value is -1.27. The van der Waals surface area contributed by atoms with Crippen LogP contribution in [0.5, 0.6) is 0 Å². The highest BCUT2D eigenvalue weighted by Gasteiger charge is 2.50. The Kier molecular flexibility index (Phi) is 18.4. The molecule has 2 aliphatic heterocycles. The fourth-order valence-corrected chi connectivity index (χ4v) is 5.15. The summed E-state index contributed by atoms with van der Waals surface area (Å²) in [4.78, 5) is 12.5. The van der Waals surface area contributed by atoms with Crippen LogP contribution in [-0.4, -0.2) is 140 Å². The molecule has 14 heteroatoms. The number of unbranched alkanes of at least 4 members (excludes halogenated alkanes) is 7. The van der Waals surface area contributed by atoms with Crippen molar-refractivity contribution in [3.8, 4) is 0 Å². The number of rotatable bonds is 20. The quantitative estimate of drug-likeness (QED) is 0.0575. The summed E-state index contributed by atoms with van der Waals surface area (Å²) < 4.78 is 22.2. The molecule has 2 heterocycles. The van der Waals surface area contributed by atoms with Crippen molar-refractivity contribution in [3.05, 3.63) is 12.2 Å². The number of hydrogen-bond acceptors (Lipinski definition) is 13. The second-order valence-corrected chi connectivity index (χ2v) is 11.6. The highest BCUT2D eigenvalue weighted by molar-refractivity contribution is 5.76. The molecule has 12 atom stereocenters. The molecule has 258 valence electrons. The summed E-state index contributed by atoms with van der Waals surface area (Å²) in [5, 5.41) is 84.9. The van der Waals surface area contributed by atoms with Crippen LogP contribution in [0.4, 0.5) is 0 Å². The zero-order chi connectivity index (χ0) is 32.6. The predicted octanol–water partition coefficient (Wildman–Crippen LogP) is -1.03. The third-order valence-corrected chi connectivity index (χ3v) is 7.97. The lowest BCUT2D eigenvalue weighted by molar-refractivity contribution is -0.359. The van der Waals surface area contributed by atoms with Gasteiger partial charge in [0, 0.05) is 6.42 Å². The first-order chi connectivity index (χ1) is 21.1. The molecule has 1 amide bonds. The van der Waals surface area contributed by atoms with Gasteiger partial charge in [-0.2, -0.15) is 0 Å². The van der Waals surface area contributed by atoms with Gasteiger partial charge in [0.15, 0.2) is 12.6 Å². The van der Waals surface area contributed by atoms with E-state index in [4.69, 9.17) is 18.9 Å². The van der Waals surface area contributed by atoms with Gasteiger partial charge >= 0.3 is 0 Å². The van der Waals surface area contributed by atoms with Crippen molar-refractivity contribution in [3.63, 3.8) is 0 Å². The molecule has 0 aromatic heterocycles. The van der Waals surface area contributed by atoms with Crippen LogP contribution in [0.2, 0.25) is 0 Å². The standard InChI is InChI=1S/C30H55NO13/c1-3-5-7-8-9-10-11-12-13-19(34)18(31-22(35)14-6-4-2)17-41-29-27(40)25(38)28(21(16-33)43-29)44-30-26(39)24(37)23(36)20(15-32)42-30/h12-13,18-21,23-30,32-34,36-40H,3-11,14-17H2,1-2H3,(H,31,35)/b13-12+. The van der Waals surface area contributed by atoms with Gasteiger partial charge in [-0.25, -0.2) is 0 Å². The van der Waals surface area contributed by atoms with Gasteiger partial charge in [0.2, 0.25) is 5.91 Å². The first-order valence-electron chi connectivity index (χ1n) is 15.9. The summed E-state index contributed by atoms with van der Waals surface area (Å²) in [6.45, 7) is 2.40. The van der Waals surface area contributed by atoms with Crippen LogP contribution in [0, 0.1) is 0 Å². The fourth-order valence-electron chi connectivity index (χ4n) is 5.15. The Labute approximate surface area is 259 Å². The highest BCUT2D eigenvalue weighted by atomic mass is 16.7. The van der Waals surface area contributed by atoms with Crippen molar-refractivity contribution in [2.24, 2.45) is 0 Å². The van der Waals surface area contributed by atoms with E-state index in [1.54, 1.807) is 6.08 Å². The van der Waals surface area contributed by atoms with E-state index in [1.165, 1.54) is 19.3 Å². The third-order valence-electron chi connectivity index (χ3n) is 7.97. The molecule has 0 bridgehead atoms. The van der Waals surface area contributed by atoms with Crippen LogP contribution < -0.4 is 5.32 Å². The second-order valence-electron chi connectivity index (χ2n) is 11.6. The smallest absolute Gasteiger partial charge is 0.220 e. The van der Waals surface area contributed by atoms with Gasteiger partial charge in [-0.1, -0.05) is 64.5 Å². The molecule has 0 spiro atoms. The number of aliphatic hydroxyl groups excluding tert-OH is 8. The number of aliphatic hydroxyl groups is 8. The highest BCUT2D eigenvalue weighted by Crippen LogP contribution is 2.29. The van der Waals surface area contributed by atoms with Gasteiger partial charge in [0.1, 0.15) is 48.8 Å². The molecule has 0 saturated carbocycles. The normalized spacial score (nSPS) is 34.2. The molecule has 12 unspecified atom stereocenters. The van der Waals surface area contributed by atoms with Crippen LogP contribution in [-0.2, 0) is 23.7 Å². The van der Waals surface area contributed by atoms with E-state index in [-0.39, 0.29) is 18.9 Å². The first-order valence-corrected chi connectivity index (χ1v) is 15.9. The molecule has 0 aromatic rings. The van der Waals surface area contributed by atoms with Crippen LogP contribution in [0.25, 0.3) is 0 Å². The molecular formula is C30H55NO13. The summed E-state index contributed by atoms with van der Waals surface area (Å²) in [6.07, 6.45) is -4.15. The molecule has 2 rings (SSSR count). The maximum Gasteiger partial charge on any atom is 0.220 e. The van der Waals surface area contributed by atoms with Crippen LogP contribution >= 0.6 is 0 Å². The van der Waals surface area contributed by atoms with Gasteiger partial charge in [0.05, 0.1) is 32.0 Å². The molecule has 44 heavy (non-hydrogen) atoms. The Balaban J connectivity index is 2.02. The van der Waals surface area contributed by atoms with Gasteiger partial charge in [-0.15, -0.1) is 0 Å². The number of allylic oxidation sites excluding steroid dienone is 1. The van der Waals surface area contributed by atoms with Gasteiger partial charge in [-0.05, 0) is 19.3 Å². The van der Waals surface area contributed by atoms with Crippen molar-refractivity contribution in [1.82, 2.24) is 5.32 Å². The van der Waals surface area contributed by atoms with E-state index in [2.05, 4.69) is 12.2 Å². The maximum absolute atomic E-state index is 12.5. The van der Waals surface area contributed by atoms with Crippen molar-refractivity contribution in [1.29, 1.82) is 0 Å². The monoisotopic (exact) mass is 637 g/mol. The second kappa shape index (κ2) is 20.8. The lowest BCUT2D eigenvalue weighted by Gasteiger charge is -2.46. The average Bonchev–Trinajstić information content (AvgIpc) is 3.02. The number of carbonyl (C=O) groups excluding carboxylic acids is 1. The summed E-state index contributed by atoms with van der Waals surface area (Å²) in [5.74, 6) is -0.282. The Morgan fingerprint density at radius 3 is 2.07 bits per heavy atom.